The summed E-state index contributed by atoms with van der Waals surface area (Å²) in [7, 11) is 0. The molecule has 1 N–H and O–H groups in total. The molecule has 0 bridgehead atoms. The molecular weight excluding hydrogens is 353 g/mol. The van der Waals surface area contributed by atoms with Crippen molar-refractivity contribution in [3.63, 3.8) is 0 Å². The molecule has 0 spiro atoms. The maximum atomic E-state index is 3.65. The molecule has 1 aromatic carbocycles. The van der Waals surface area contributed by atoms with Crippen molar-refractivity contribution in [2.24, 2.45) is 0 Å². The lowest BCUT2D eigenvalue weighted by atomic mass is 10.0. The number of hydrogen-bond donors (Lipinski definition) is 1. The molecule has 1 atom stereocenters. The van der Waals surface area contributed by atoms with E-state index in [9.17, 15) is 0 Å². The van der Waals surface area contributed by atoms with Crippen molar-refractivity contribution in [2.45, 2.75) is 25.8 Å². The van der Waals surface area contributed by atoms with Crippen LogP contribution in [0, 0.1) is 2.88 Å². The Morgan fingerprint density at radius 3 is 2.67 bits per heavy atom. The normalized spacial score (nSPS) is 12.6. The van der Waals surface area contributed by atoms with Crippen molar-refractivity contribution >= 4 is 33.9 Å². The fraction of sp³-hybridized carbons (Fsp3) is 0.333. The number of nitrogens with one attached hydrogen (secondary N) is 1. The molecule has 1 heterocycles. The number of rotatable bonds is 6. The van der Waals surface area contributed by atoms with Gasteiger partial charge < -0.3 is 5.32 Å². The lowest BCUT2D eigenvalue weighted by molar-refractivity contribution is 0.530. The Balaban J connectivity index is 2.10. The van der Waals surface area contributed by atoms with Crippen molar-refractivity contribution in [3.05, 3.63) is 55.8 Å². The van der Waals surface area contributed by atoms with E-state index in [1.54, 1.807) is 0 Å². The fourth-order valence-corrected chi connectivity index (χ4v) is 3.41. The summed E-state index contributed by atoms with van der Waals surface area (Å²) in [6, 6.07) is 13.4. The van der Waals surface area contributed by atoms with Gasteiger partial charge in [-0.05, 0) is 64.6 Å². The monoisotopic (exact) mass is 371 g/mol. The highest BCUT2D eigenvalue weighted by molar-refractivity contribution is 14.1. The van der Waals surface area contributed by atoms with E-state index in [0.717, 1.165) is 13.0 Å². The third-order valence-corrected chi connectivity index (χ3v) is 4.72. The fourth-order valence-electron chi connectivity index (χ4n) is 1.98. The Kier molecular flexibility index (Phi) is 5.66. The molecule has 2 rings (SSSR count). The minimum atomic E-state index is 0.437. The molecular formula is C15H18INS. The Labute approximate surface area is 127 Å². The van der Waals surface area contributed by atoms with Crippen LogP contribution in [0.25, 0.3) is 0 Å². The molecule has 18 heavy (non-hydrogen) atoms. The standard InChI is InChI=1S/C15H18INS/c1-2-8-17-14(13-10-15(16)18-11-13)9-12-6-4-3-5-7-12/h3-7,10-11,14,17H,2,8-9H2,1H3. The van der Waals surface area contributed by atoms with Gasteiger partial charge in [-0.2, -0.15) is 0 Å². The number of hydrogen-bond acceptors (Lipinski definition) is 2. The van der Waals surface area contributed by atoms with Gasteiger partial charge in [0.05, 0.1) is 2.88 Å². The molecule has 0 aliphatic heterocycles. The molecule has 1 aromatic heterocycles. The van der Waals surface area contributed by atoms with Crippen LogP contribution >= 0.6 is 33.9 Å². The van der Waals surface area contributed by atoms with Crippen molar-refractivity contribution in [1.82, 2.24) is 5.32 Å². The van der Waals surface area contributed by atoms with E-state index in [1.165, 1.54) is 20.4 Å². The zero-order valence-electron chi connectivity index (χ0n) is 10.5. The summed E-state index contributed by atoms with van der Waals surface area (Å²) >= 11 is 4.22. The third-order valence-electron chi connectivity index (χ3n) is 2.91. The minimum Gasteiger partial charge on any atom is -0.310 e. The average Bonchev–Trinajstić information content (AvgIpc) is 2.82. The van der Waals surface area contributed by atoms with E-state index in [2.05, 4.69) is 76.6 Å². The second-order valence-electron chi connectivity index (χ2n) is 4.38. The first-order valence-corrected chi connectivity index (χ1v) is 8.26. The average molecular weight is 371 g/mol. The summed E-state index contributed by atoms with van der Waals surface area (Å²) in [5.74, 6) is 0. The van der Waals surface area contributed by atoms with Crippen LogP contribution in [0.5, 0.6) is 0 Å². The quantitative estimate of drug-likeness (QED) is 0.730. The molecule has 2 aromatic rings. The Bertz CT molecular complexity index is 466. The van der Waals surface area contributed by atoms with Crippen molar-refractivity contribution in [1.29, 1.82) is 0 Å². The topological polar surface area (TPSA) is 12.0 Å². The van der Waals surface area contributed by atoms with Crippen LogP contribution < -0.4 is 5.32 Å². The van der Waals surface area contributed by atoms with Crippen LogP contribution in [-0.2, 0) is 6.42 Å². The molecule has 0 amide bonds. The van der Waals surface area contributed by atoms with Gasteiger partial charge in [-0.15, -0.1) is 11.3 Å². The second kappa shape index (κ2) is 7.26. The van der Waals surface area contributed by atoms with E-state index in [1.807, 2.05) is 11.3 Å². The molecule has 0 fully saturated rings. The first kappa shape index (κ1) is 14.0. The zero-order chi connectivity index (χ0) is 12.8. The van der Waals surface area contributed by atoms with Crippen LogP contribution in [-0.4, -0.2) is 6.54 Å². The maximum absolute atomic E-state index is 3.65. The molecule has 0 saturated heterocycles. The summed E-state index contributed by atoms with van der Waals surface area (Å²) in [5.41, 5.74) is 2.81. The largest absolute Gasteiger partial charge is 0.310 e. The molecule has 0 radical (unpaired) electrons. The molecule has 96 valence electrons. The Hall–Kier alpha value is -0.390. The SMILES string of the molecule is CCCNC(Cc1ccccc1)c1csc(I)c1. The van der Waals surface area contributed by atoms with Crippen LogP contribution in [0.2, 0.25) is 0 Å². The molecule has 1 nitrogen and oxygen atoms in total. The van der Waals surface area contributed by atoms with E-state index in [-0.39, 0.29) is 0 Å². The Morgan fingerprint density at radius 2 is 2.06 bits per heavy atom. The van der Waals surface area contributed by atoms with Crippen molar-refractivity contribution < 1.29 is 0 Å². The molecule has 0 aliphatic rings. The van der Waals surface area contributed by atoms with E-state index in [0.29, 0.717) is 6.04 Å². The second-order valence-corrected chi connectivity index (χ2v) is 7.19. The van der Waals surface area contributed by atoms with Gasteiger partial charge in [-0.25, -0.2) is 0 Å². The van der Waals surface area contributed by atoms with Crippen molar-refractivity contribution in [2.75, 3.05) is 6.54 Å². The minimum absolute atomic E-state index is 0.437. The predicted octanol–water partition coefficient (Wildman–Crippen LogP) is 4.64. The summed E-state index contributed by atoms with van der Waals surface area (Å²) in [6.07, 6.45) is 2.24. The van der Waals surface area contributed by atoms with Crippen LogP contribution in [0.15, 0.2) is 41.8 Å². The smallest absolute Gasteiger partial charge is 0.0656 e. The molecule has 0 saturated carbocycles. The van der Waals surface area contributed by atoms with Gasteiger partial charge in [0.1, 0.15) is 0 Å². The van der Waals surface area contributed by atoms with Gasteiger partial charge in [0.2, 0.25) is 0 Å². The van der Waals surface area contributed by atoms with Gasteiger partial charge in [-0.1, -0.05) is 37.3 Å². The summed E-state index contributed by atoms with van der Waals surface area (Å²) in [5, 5.41) is 5.93. The number of benzene rings is 1. The predicted molar refractivity (Wildman–Crippen MR) is 88.2 cm³/mol. The van der Waals surface area contributed by atoms with Crippen LogP contribution in [0.1, 0.15) is 30.5 Å². The number of halogens is 1. The first-order chi connectivity index (χ1) is 8.79. The van der Waals surface area contributed by atoms with Gasteiger partial charge in [-0.3, -0.25) is 0 Å². The molecule has 3 heteroatoms. The van der Waals surface area contributed by atoms with Gasteiger partial charge in [0, 0.05) is 6.04 Å². The van der Waals surface area contributed by atoms with Gasteiger partial charge in [0.15, 0.2) is 0 Å². The highest BCUT2D eigenvalue weighted by Gasteiger charge is 2.12. The van der Waals surface area contributed by atoms with E-state index >= 15 is 0 Å². The summed E-state index contributed by atoms with van der Waals surface area (Å²) in [6.45, 7) is 3.29. The number of thiophene rings is 1. The maximum Gasteiger partial charge on any atom is 0.0656 e. The molecule has 1 unspecified atom stereocenters. The van der Waals surface area contributed by atoms with Gasteiger partial charge in [0.25, 0.3) is 0 Å². The lowest BCUT2D eigenvalue weighted by Crippen LogP contribution is -2.23. The van der Waals surface area contributed by atoms with Crippen LogP contribution in [0.4, 0.5) is 0 Å². The highest BCUT2D eigenvalue weighted by Crippen LogP contribution is 2.25. The third kappa shape index (κ3) is 4.07. The van der Waals surface area contributed by atoms with E-state index < -0.39 is 0 Å². The summed E-state index contributed by atoms with van der Waals surface area (Å²) < 4.78 is 1.36. The van der Waals surface area contributed by atoms with Crippen molar-refractivity contribution in [3.8, 4) is 0 Å². The highest BCUT2D eigenvalue weighted by atomic mass is 127. The zero-order valence-corrected chi connectivity index (χ0v) is 13.5. The lowest BCUT2D eigenvalue weighted by Gasteiger charge is -2.17. The summed E-state index contributed by atoms with van der Waals surface area (Å²) in [4.78, 5) is 0. The first-order valence-electron chi connectivity index (χ1n) is 6.31. The van der Waals surface area contributed by atoms with E-state index in [4.69, 9.17) is 0 Å². The van der Waals surface area contributed by atoms with Crippen LogP contribution in [0.3, 0.4) is 0 Å². The molecule has 0 aliphatic carbocycles. The van der Waals surface area contributed by atoms with Gasteiger partial charge >= 0.3 is 0 Å². The Morgan fingerprint density at radius 1 is 1.28 bits per heavy atom.